The van der Waals surface area contributed by atoms with Gasteiger partial charge in [-0.05, 0) is 30.2 Å². The number of amides is 3. The third-order valence-corrected chi connectivity index (χ3v) is 7.51. The first-order chi connectivity index (χ1) is 20.0. The number of esters is 1. The number of fused-ring (bicyclic) bond motifs is 1. The molecule has 12 heteroatoms. The number of allylic oxidation sites excluding steroid dienone is 1. The minimum atomic E-state index is -4.04. The van der Waals surface area contributed by atoms with E-state index < -0.39 is 70.1 Å². The first kappa shape index (κ1) is 28.7. The lowest BCUT2D eigenvalue weighted by Gasteiger charge is -2.49. The number of carbonyl (C=O) groups excluding carboxylic acids is 4. The molecule has 2 aliphatic heterocycles. The van der Waals surface area contributed by atoms with Gasteiger partial charge in [0.1, 0.15) is 11.8 Å². The van der Waals surface area contributed by atoms with Crippen molar-refractivity contribution in [1.29, 1.82) is 0 Å². The van der Waals surface area contributed by atoms with Gasteiger partial charge in [-0.15, -0.1) is 0 Å². The molecule has 2 atom stereocenters. The van der Waals surface area contributed by atoms with Gasteiger partial charge >= 0.3 is 5.97 Å². The van der Waals surface area contributed by atoms with Crippen LogP contribution in [0.5, 0.6) is 0 Å². The van der Waals surface area contributed by atoms with Crippen LogP contribution in [0.15, 0.2) is 96.4 Å². The number of carbonyl (C=O) groups is 4. The fourth-order valence-electron chi connectivity index (χ4n) is 5.08. The van der Waals surface area contributed by atoms with Crippen molar-refractivity contribution in [3.63, 3.8) is 0 Å². The molecular weight excluding hydrogens is 564 g/mol. The number of ether oxygens (including phenoxy) is 1. The van der Waals surface area contributed by atoms with E-state index in [2.05, 4.69) is 0 Å². The number of β-lactam (4-membered cyclic amide) rings is 1. The molecule has 0 radical (unpaired) electrons. The summed E-state index contributed by atoms with van der Waals surface area (Å²) in [4.78, 5) is 55.1. The van der Waals surface area contributed by atoms with Gasteiger partial charge in [0, 0.05) is 0 Å². The van der Waals surface area contributed by atoms with E-state index in [0.29, 0.717) is 11.1 Å². The van der Waals surface area contributed by atoms with E-state index in [1.807, 2.05) is 0 Å². The zero-order valence-electron chi connectivity index (χ0n) is 22.5. The highest BCUT2D eigenvalue weighted by Gasteiger charge is 2.59. The monoisotopic (exact) mass is 590 g/mol. The van der Waals surface area contributed by atoms with E-state index in [4.69, 9.17) is 8.92 Å². The fraction of sp³-hybridized carbons (Fsp3) is 0.200. The van der Waals surface area contributed by atoms with Gasteiger partial charge in [0.25, 0.3) is 27.8 Å². The lowest BCUT2D eigenvalue weighted by atomic mass is 9.92. The molecule has 3 aromatic rings. The third kappa shape index (κ3) is 5.29. The summed E-state index contributed by atoms with van der Waals surface area (Å²) in [5, 5.41) is 10.6. The van der Waals surface area contributed by atoms with Crippen LogP contribution >= 0.6 is 0 Å². The summed E-state index contributed by atoms with van der Waals surface area (Å²) in [6, 6.07) is 20.8. The highest BCUT2D eigenvalue weighted by Crippen LogP contribution is 2.37. The van der Waals surface area contributed by atoms with Crippen LogP contribution in [0.1, 0.15) is 44.9 Å². The summed E-state index contributed by atoms with van der Waals surface area (Å²) < 4.78 is 34.5. The Morgan fingerprint density at radius 2 is 1.33 bits per heavy atom. The molecular formula is C30H26N2O9S. The van der Waals surface area contributed by atoms with Gasteiger partial charge in [-0.25, -0.2) is 4.79 Å². The van der Waals surface area contributed by atoms with Crippen molar-refractivity contribution in [3.8, 4) is 0 Å². The van der Waals surface area contributed by atoms with Crippen LogP contribution in [0.25, 0.3) is 0 Å². The molecule has 0 unspecified atom stereocenters. The van der Waals surface area contributed by atoms with Gasteiger partial charge in [0.2, 0.25) is 0 Å². The van der Waals surface area contributed by atoms with Gasteiger partial charge in [0.15, 0.2) is 11.8 Å². The van der Waals surface area contributed by atoms with Crippen LogP contribution in [0.3, 0.4) is 0 Å². The van der Waals surface area contributed by atoms with Crippen LogP contribution < -0.4 is 0 Å². The molecule has 2 aliphatic rings. The number of benzene rings is 3. The van der Waals surface area contributed by atoms with Crippen LogP contribution in [-0.4, -0.2) is 72.0 Å². The summed E-state index contributed by atoms with van der Waals surface area (Å²) in [7, 11) is -4.04. The fourth-order valence-corrected chi connectivity index (χ4v) is 5.46. The maximum atomic E-state index is 13.7. The number of rotatable bonds is 9. The van der Waals surface area contributed by atoms with Crippen LogP contribution in [0.2, 0.25) is 0 Å². The highest BCUT2D eigenvalue weighted by atomic mass is 32.2. The van der Waals surface area contributed by atoms with E-state index in [1.165, 1.54) is 12.1 Å². The van der Waals surface area contributed by atoms with E-state index in [1.54, 1.807) is 72.8 Å². The second kappa shape index (κ2) is 11.2. The lowest BCUT2D eigenvalue weighted by Crippen LogP contribution is -2.73. The molecule has 1 saturated heterocycles. The maximum Gasteiger partial charge on any atom is 0.359 e. The van der Waals surface area contributed by atoms with Gasteiger partial charge in [-0.2, -0.15) is 8.42 Å². The minimum absolute atomic E-state index is 0.0820. The SMILES string of the molecule is CC(O)=C(C(=O)OC(c1ccccc1)c1ccccc1)N1C(=O)[C@@H](N2C(=O)c3ccccc3C2=O)[C@H]1COS(C)(=O)=O. The molecule has 0 saturated carbocycles. The quantitative estimate of drug-likeness (QED) is 0.0992. The predicted octanol–water partition coefficient (Wildman–Crippen LogP) is 2.96. The number of likely N-dealkylation sites (tertiary alicyclic amines) is 1. The van der Waals surface area contributed by atoms with Crippen molar-refractivity contribution in [3.05, 3.63) is 119 Å². The van der Waals surface area contributed by atoms with Crippen molar-refractivity contribution in [2.24, 2.45) is 0 Å². The van der Waals surface area contributed by atoms with Crippen molar-refractivity contribution >= 4 is 33.8 Å². The highest BCUT2D eigenvalue weighted by molar-refractivity contribution is 7.85. The molecule has 11 nitrogen and oxygen atoms in total. The molecule has 0 spiro atoms. The van der Waals surface area contributed by atoms with E-state index in [0.717, 1.165) is 23.0 Å². The number of aliphatic hydroxyl groups is 1. The zero-order chi connectivity index (χ0) is 30.2. The maximum absolute atomic E-state index is 13.7. The van der Waals surface area contributed by atoms with Crippen LogP contribution in [0, 0.1) is 0 Å². The molecule has 216 valence electrons. The zero-order valence-corrected chi connectivity index (χ0v) is 23.4. The summed E-state index contributed by atoms with van der Waals surface area (Å²) >= 11 is 0. The predicted molar refractivity (Wildman–Crippen MR) is 148 cm³/mol. The topological polar surface area (TPSA) is 148 Å². The Kier molecular flexibility index (Phi) is 7.67. The Morgan fingerprint density at radius 1 is 0.857 bits per heavy atom. The number of hydrogen-bond acceptors (Lipinski definition) is 9. The van der Waals surface area contributed by atoms with Crippen molar-refractivity contribution < 1.29 is 41.6 Å². The molecule has 1 fully saturated rings. The van der Waals surface area contributed by atoms with Gasteiger partial charge in [-0.3, -0.25) is 28.4 Å². The molecule has 0 aliphatic carbocycles. The van der Waals surface area contributed by atoms with E-state index >= 15 is 0 Å². The van der Waals surface area contributed by atoms with Crippen molar-refractivity contribution in [2.45, 2.75) is 25.1 Å². The molecule has 3 amide bonds. The first-order valence-electron chi connectivity index (χ1n) is 12.8. The smallest absolute Gasteiger partial charge is 0.359 e. The molecule has 5 rings (SSSR count). The number of hydrogen-bond donors (Lipinski definition) is 1. The largest absolute Gasteiger partial charge is 0.510 e. The Hall–Kier alpha value is -4.81. The standard InChI is InChI=1S/C30H26N2O9S/c1-18(33)24(30(37)41-26(19-11-5-3-6-12-19)20-13-7-4-8-14-20)31-23(17-40-42(2,38)39)25(29(31)36)32-27(34)21-15-9-10-16-22(21)28(32)35/h3-16,23,25-26,33H,17H2,1-2H3/t23-,25+/m1/s1. The summed E-state index contributed by atoms with van der Waals surface area (Å²) in [5.41, 5.74) is 0.814. The van der Waals surface area contributed by atoms with Gasteiger partial charge in [0.05, 0.1) is 30.0 Å². The van der Waals surface area contributed by atoms with Gasteiger partial charge in [-0.1, -0.05) is 72.8 Å². The Labute approximate surface area is 241 Å². The van der Waals surface area contributed by atoms with E-state index in [-0.39, 0.29) is 11.1 Å². The first-order valence-corrected chi connectivity index (χ1v) is 14.7. The minimum Gasteiger partial charge on any atom is -0.510 e. The number of aliphatic hydroxyl groups excluding tert-OH is 1. The summed E-state index contributed by atoms with van der Waals surface area (Å²) in [6.45, 7) is 0.460. The second-order valence-electron chi connectivity index (χ2n) is 9.78. The molecule has 0 bridgehead atoms. The van der Waals surface area contributed by atoms with Crippen LogP contribution in [-0.2, 0) is 28.6 Å². The Bertz CT molecular complexity index is 1630. The summed E-state index contributed by atoms with van der Waals surface area (Å²) in [6.07, 6.45) is -0.134. The molecule has 1 N–H and O–H groups in total. The lowest BCUT2D eigenvalue weighted by molar-refractivity contribution is -0.161. The molecule has 42 heavy (non-hydrogen) atoms. The molecule has 0 aromatic heterocycles. The second-order valence-corrected chi connectivity index (χ2v) is 11.4. The summed E-state index contributed by atoms with van der Waals surface area (Å²) in [5.74, 6) is -4.09. The average Bonchev–Trinajstić information content (AvgIpc) is 3.21. The van der Waals surface area contributed by atoms with Crippen molar-refractivity contribution in [1.82, 2.24) is 9.80 Å². The Morgan fingerprint density at radius 3 is 1.79 bits per heavy atom. The normalized spacial score (nSPS) is 19.0. The molecule has 2 heterocycles. The van der Waals surface area contributed by atoms with Crippen LogP contribution in [0.4, 0.5) is 0 Å². The third-order valence-electron chi connectivity index (χ3n) is 6.95. The average molecular weight is 591 g/mol. The Balaban J connectivity index is 1.49. The van der Waals surface area contributed by atoms with Gasteiger partial charge < -0.3 is 9.84 Å². The molecule has 3 aromatic carbocycles. The number of nitrogens with zero attached hydrogens (tertiary/aromatic N) is 2. The number of imide groups is 1. The van der Waals surface area contributed by atoms with E-state index in [9.17, 15) is 32.7 Å². The van der Waals surface area contributed by atoms with Crippen molar-refractivity contribution in [2.75, 3.05) is 12.9 Å².